The predicted octanol–water partition coefficient (Wildman–Crippen LogP) is 4.16. The fourth-order valence-corrected chi connectivity index (χ4v) is 2.69. The second-order valence-electron chi connectivity index (χ2n) is 6.64. The number of hydrogen-bond acceptors (Lipinski definition) is 4. The quantitative estimate of drug-likeness (QED) is 0.845. The molecule has 0 bridgehead atoms. The first kappa shape index (κ1) is 15.9. The minimum absolute atomic E-state index is 0.00725. The van der Waals surface area contributed by atoms with Crippen molar-refractivity contribution in [2.75, 3.05) is 4.90 Å². The molecule has 1 aliphatic heterocycles. The number of benzene rings is 1. The molecule has 0 spiro atoms. The number of anilines is 1. The maximum absolute atomic E-state index is 12.2. The molecular weight excluding hydrogens is 316 g/mol. The number of ether oxygens (including phenoxy) is 1. The summed E-state index contributed by atoms with van der Waals surface area (Å²) >= 11 is 6.03. The molecule has 0 radical (unpaired) electrons. The van der Waals surface area contributed by atoms with Gasteiger partial charge in [-0.3, -0.25) is 9.69 Å². The molecule has 122 valence electrons. The summed E-state index contributed by atoms with van der Waals surface area (Å²) in [7, 11) is 0. The van der Waals surface area contributed by atoms with E-state index >= 15 is 0 Å². The third-order valence-electron chi connectivity index (χ3n) is 3.76. The number of carbonyl (C=O) groups excluding carboxylic acids is 1. The van der Waals surface area contributed by atoms with Crippen LogP contribution in [0.4, 0.5) is 5.69 Å². The molecule has 0 saturated carbocycles. The van der Waals surface area contributed by atoms with E-state index in [1.807, 2.05) is 32.9 Å². The lowest BCUT2D eigenvalue weighted by Gasteiger charge is -2.24. The first-order chi connectivity index (χ1) is 10.8. The Kier molecular flexibility index (Phi) is 4.06. The van der Waals surface area contributed by atoms with Crippen molar-refractivity contribution in [2.24, 2.45) is 0 Å². The molecule has 1 amide bonds. The lowest BCUT2D eigenvalue weighted by molar-refractivity contribution is -0.117. The maximum atomic E-state index is 12.2. The van der Waals surface area contributed by atoms with Crippen LogP contribution < -0.4 is 9.64 Å². The summed E-state index contributed by atoms with van der Waals surface area (Å²) in [5.41, 5.74) is 1.41. The largest absolute Gasteiger partial charge is 0.439 e. The standard InChI is InChI=1S/C17H19ClN2O3/c1-17(2,3)13-10-16(23-19-13)22-15-8-7-14(21)20(15)12-6-4-5-11(18)9-12/h4-6,9-10,15H,7-8H2,1-3H3. The lowest BCUT2D eigenvalue weighted by Crippen LogP contribution is -2.36. The summed E-state index contributed by atoms with van der Waals surface area (Å²) < 4.78 is 11.1. The van der Waals surface area contributed by atoms with E-state index in [0.29, 0.717) is 23.8 Å². The Bertz CT molecular complexity index is 721. The Morgan fingerprint density at radius 1 is 1.35 bits per heavy atom. The summed E-state index contributed by atoms with van der Waals surface area (Å²) in [6.45, 7) is 6.14. The Labute approximate surface area is 140 Å². The second-order valence-corrected chi connectivity index (χ2v) is 7.07. The van der Waals surface area contributed by atoms with E-state index in [4.69, 9.17) is 20.9 Å². The van der Waals surface area contributed by atoms with Crippen molar-refractivity contribution in [1.82, 2.24) is 5.16 Å². The molecule has 5 nitrogen and oxygen atoms in total. The van der Waals surface area contributed by atoms with E-state index < -0.39 is 6.23 Å². The van der Waals surface area contributed by atoms with Crippen LogP contribution in [0.25, 0.3) is 0 Å². The molecule has 1 atom stereocenters. The van der Waals surface area contributed by atoms with Gasteiger partial charge in [0.05, 0.1) is 5.69 Å². The number of halogens is 1. The minimum Gasteiger partial charge on any atom is -0.439 e. The molecule has 23 heavy (non-hydrogen) atoms. The number of carbonyl (C=O) groups is 1. The van der Waals surface area contributed by atoms with Crippen LogP contribution in [0.3, 0.4) is 0 Å². The molecule has 2 aromatic rings. The fourth-order valence-electron chi connectivity index (χ4n) is 2.51. The zero-order valence-corrected chi connectivity index (χ0v) is 14.1. The second kappa shape index (κ2) is 5.89. The molecule has 3 rings (SSSR count). The van der Waals surface area contributed by atoms with Crippen molar-refractivity contribution >= 4 is 23.2 Å². The van der Waals surface area contributed by atoms with Crippen molar-refractivity contribution in [1.29, 1.82) is 0 Å². The number of nitrogens with zero attached hydrogens (tertiary/aromatic N) is 2. The van der Waals surface area contributed by atoms with Crippen molar-refractivity contribution in [2.45, 2.75) is 45.3 Å². The van der Waals surface area contributed by atoms with Gasteiger partial charge in [0.15, 0.2) is 6.23 Å². The van der Waals surface area contributed by atoms with Crippen molar-refractivity contribution < 1.29 is 14.1 Å². The van der Waals surface area contributed by atoms with Crippen LogP contribution in [-0.2, 0) is 10.2 Å². The van der Waals surface area contributed by atoms with Gasteiger partial charge in [-0.25, -0.2) is 0 Å². The molecule has 1 unspecified atom stereocenters. The highest BCUT2D eigenvalue weighted by Crippen LogP contribution is 2.31. The average molecular weight is 335 g/mol. The monoisotopic (exact) mass is 334 g/mol. The number of hydrogen-bond donors (Lipinski definition) is 0. The van der Waals surface area contributed by atoms with Crippen molar-refractivity contribution in [3.05, 3.63) is 41.0 Å². The van der Waals surface area contributed by atoms with E-state index in [2.05, 4.69) is 5.16 Å². The van der Waals surface area contributed by atoms with E-state index in [0.717, 1.165) is 11.4 Å². The summed E-state index contributed by atoms with van der Waals surface area (Å²) in [5.74, 6) is 0.328. The third-order valence-corrected chi connectivity index (χ3v) is 3.99. The summed E-state index contributed by atoms with van der Waals surface area (Å²) in [6, 6.07) is 8.95. The first-order valence-corrected chi connectivity index (χ1v) is 7.94. The van der Waals surface area contributed by atoms with Crippen LogP contribution in [0.1, 0.15) is 39.3 Å². The van der Waals surface area contributed by atoms with Gasteiger partial charge in [-0.1, -0.05) is 43.6 Å². The van der Waals surface area contributed by atoms with Crippen molar-refractivity contribution in [3.8, 4) is 5.95 Å². The molecule has 0 aliphatic carbocycles. The Hall–Kier alpha value is -2.01. The highest BCUT2D eigenvalue weighted by atomic mass is 35.5. The molecule has 6 heteroatoms. The number of aromatic nitrogens is 1. The smallest absolute Gasteiger partial charge is 0.313 e. The molecular formula is C17H19ClN2O3. The van der Waals surface area contributed by atoms with E-state index in [9.17, 15) is 4.79 Å². The SMILES string of the molecule is CC(C)(C)c1cc(OC2CCC(=O)N2c2cccc(Cl)c2)on1. The van der Waals surface area contributed by atoms with E-state index in [1.54, 1.807) is 23.1 Å². The van der Waals surface area contributed by atoms with Gasteiger partial charge < -0.3 is 9.26 Å². The van der Waals surface area contributed by atoms with Crippen LogP contribution in [0.5, 0.6) is 5.95 Å². The Morgan fingerprint density at radius 3 is 2.78 bits per heavy atom. The van der Waals surface area contributed by atoms with Crippen LogP contribution in [0.15, 0.2) is 34.9 Å². The topological polar surface area (TPSA) is 55.6 Å². The molecule has 1 fully saturated rings. The molecule has 1 aromatic heterocycles. The van der Waals surface area contributed by atoms with Gasteiger partial charge in [0, 0.05) is 35.0 Å². The Morgan fingerprint density at radius 2 is 2.13 bits per heavy atom. The molecule has 1 saturated heterocycles. The normalized spacial score (nSPS) is 18.5. The van der Waals surface area contributed by atoms with Gasteiger partial charge in [-0.05, 0) is 18.2 Å². The third kappa shape index (κ3) is 3.34. The van der Waals surface area contributed by atoms with Gasteiger partial charge in [-0.15, -0.1) is 0 Å². The number of amides is 1. The summed E-state index contributed by atoms with van der Waals surface area (Å²) in [5, 5.41) is 4.62. The van der Waals surface area contributed by atoms with Crippen LogP contribution in [-0.4, -0.2) is 17.3 Å². The van der Waals surface area contributed by atoms with Gasteiger partial charge in [0.25, 0.3) is 0 Å². The lowest BCUT2D eigenvalue weighted by atomic mass is 9.93. The first-order valence-electron chi connectivity index (χ1n) is 7.56. The minimum atomic E-state index is -0.415. The van der Waals surface area contributed by atoms with Crippen LogP contribution in [0.2, 0.25) is 5.02 Å². The molecule has 1 aliphatic rings. The van der Waals surface area contributed by atoms with Crippen LogP contribution in [0, 0.1) is 0 Å². The summed E-state index contributed by atoms with van der Waals surface area (Å²) in [4.78, 5) is 13.8. The van der Waals surface area contributed by atoms with E-state index in [-0.39, 0.29) is 11.3 Å². The van der Waals surface area contributed by atoms with Gasteiger partial charge >= 0.3 is 5.95 Å². The van der Waals surface area contributed by atoms with E-state index in [1.165, 1.54) is 0 Å². The zero-order valence-electron chi connectivity index (χ0n) is 13.4. The van der Waals surface area contributed by atoms with Crippen LogP contribution >= 0.6 is 11.6 Å². The maximum Gasteiger partial charge on any atom is 0.313 e. The predicted molar refractivity (Wildman–Crippen MR) is 87.8 cm³/mol. The molecule has 1 aromatic carbocycles. The summed E-state index contributed by atoms with van der Waals surface area (Å²) in [6.07, 6.45) is 0.607. The van der Waals surface area contributed by atoms with Gasteiger partial charge in [0.2, 0.25) is 5.91 Å². The highest BCUT2D eigenvalue weighted by Gasteiger charge is 2.35. The average Bonchev–Trinajstić information content (AvgIpc) is 3.06. The molecule has 0 N–H and O–H groups in total. The van der Waals surface area contributed by atoms with Gasteiger partial charge in [0.1, 0.15) is 0 Å². The fraction of sp³-hybridized carbons (Fsp3) is 0.412. The molecule has 2 heterocycles. The zero-order chi connectivity index (χ0) is 16.6. The van der Waals surface area contributed by atoms with Crippen molar-refractivity contribution in [3.63, 3.8) is 0 Å². The highest BCUT2D eigenvalue weighted by molar-refractivity contribution is 6.30. The Balaban J connectivity index is 1.81. The number of rotatable bonds is 3. The van der Waals surface area contributed by atoms with Gasteiger partial charge in [-0.2, -0.15) is 0 Å².